The molecule has 0 aliphatic rings. The molecule has 0 aromatic carbocycles. The van der Waals surface area contributed by atoms with Gasteiger partial charge in [0.1, 0.15) is 0 Å². The number of hydrogen-bond acceptors (Lipinski definition) is 0. The summed E-state index contributed by atoms with van der Waals surface area (Å²) in [6.45, 7) is 22.0. The summed E-state index contributed by atoms with van der Waals surface area (Å²) >= 11 is 0. The van der Waals surface area contributed by atoms with Crippen molar-refractivity contribution in [2.24, 2.45) is 0 Å². The first-order chi connectivity index (χ1) is 5.39. The van der Waals surface area contributed by atoms with Crippen molar-refractivity contribution in [1.82, 2.24) is 0 Å². The minimum atomic E-state index is -1.82. The van der Waals surface area contributed by atoms with Crippen molar-refractivity contribution in [2.75, 3.05) is 0 Å². The van der Waals surface area contributed by atoms with Crippen molar-refractivity contribution in [3.05, 3.63) is 47.6 Å². The molecule has 0 rings (SSSR count). The Kier molecular flexibility index (Phi) is 3.47. The van der Waals surface area contributed by atoms with Crippen LogP contribution in [-0.4, -0.2) is 8.07 Å². The van der Waals surface area contributed by atoms with Crippen molar-refractivity contribution in [2.45, 2.75) is 20.8 Å². The molecular formula is C11H18Si. The van der Waals surface area contributed by atoms with Gasteiger partial charge in [0.2, 0.25) is 0 Å². The average Bonchev–Trinajstić information content (AvgIpc) is 1.86. The highest BCUT2D eigenvalue weighted by atomic mass is 28.3. The van der Waals surface area contributed by atoms with Gasteiger partial charge in [-0.2, -0.15) is 0 Å². The van der Waals surface area contributed by atoms with Crippen LogP contribution in [0.4, 0.5) is 0 Å². The lowest BCUT2D eigenvalue weighted by atomic mass is 10.7. The van der Waals surface area contributed by atoms with Gasteiger partial charge in [0.25, 0.3) is 0 Å². The molecule has 0 spiro atoms. The summed E-state index contributed by atoms with van der Waals surface area (Å²) in [5, 5.41) is 3.49. The summed E-state index contributed by atoms with van der Waals surface area (Å²) in [5.41, 5.74) is 2.00. The van der Waals surface area contributed by atoms with E-state index in [-0.39, 0.29) is 0 Å². The van der Waals surface area contributed by atoms with E-state index in [2.05, 4.69) is 26.3 Å². The Morgan fingerprint density at radius 1 is 0.917 bits per heavy atom. The zero-order valence-electron chi connectivity index (χ0n) is 8.41. The molecule has 0 radical (unpaired) electrons. The normalized spacial score (nSPS) is 10.6. The van der Waals surface area contributed by atoms with Gasteiger partial charge in [0.05, 0.1) is 0 Å². The topological polar surface area (TPSA) is 0 Å². The smallest absolute Gasteiger partial charge is 0.106 e. The van der Waals surface area contributed by atoms with E-state index in [4.69, 9.17) is 0 Å². The third-order valence-electron chi connectivity index (χ3n) is 2.33. The highest BCUT2D eigenvalue weighted by Gasteiger charge is 2.32. The first kappa shape index (κ1) is 11.2. The molecule has 0 nitrogen and oxygen atoms in total. The van der Waals surface area contributed by atoms with Gasteiger partial charge in [0, 0.05) is 0 Å². The zero-order chi connectivity index (χ0) is 9.94. The fraction of sp³-hybridized carbons (Fsp3) is 0.273. The Bertz CT molecular complexity index is 210. The molecule has 0 aliphatic heterocycles. The molecule has 66 valence electrons. The second-order valence-corrected chi connectivity index (χ2v) is 7.94. The molecule has 0 aromatic heterocycles. The highest BCUT2D eigenvalue weighted by Crippen LogP contribution is 2.28. The molecule has 0 unspecified atom stereocenters. The maximum atomic E-state index is 4.01. The van der Waals surface area contributed by atoms with Gasteiger partial charge in [0.15, 0.2) is 8.07 Å². The summed E-state index contributed by atoms with van der Waals surface area (Å²) < 4.78 is 0. The average molecular weight is 178 g/mol. The SMILES string of the molecule is C=C[Si](C(=C)C)(C(=C)C)C(=C)C. The number of allylic oxidation sites excluding steroid dienone is 3. The zero-order valence-corrected chi connectivity index (χ0v) is 9.41. The second kappa shape index (κ2) is 3.72. The molecule has 0 aliphatic carbocycles. The Balaban J connectivity index is 5.33. The van der Waals surface area contributed by atoms with E-state index in [0.717, 1.165) is 15.6 Å². The van der Waals surface area contributed by atoms with Gasteiger partial charge in [-0.05, 0) is 20.8 Å². The van der Waals surface area contributed by atoms with Crippen LogP contribution in [0.3, 0.4) is 0 Å². The van der Waals surface area contributed by atoms with Crippen molar-refractivity contribution >= 4 is 8.07 Å². The predicted molar refractivity (Wildman–Crippen MR) is 60.4 cm³/mol. The van der Waals surface area contributed by atoms with Crippen LogP contribution in [0.25, 0.3) is 0 Å². The van der Waals surface area contributed by atoms with E-state index in [1.807, 2.05) is 26.5 Å². The third-order valence-corrected chi connectivity index (χ3v) is 6.98. The van der Waals surface area contributed by atoms with Gasteiger partial charge in [-0.1, -0.05) is 21.3 Å². The van der Waals surface area contributed by atoms with E-state index in [0.29, 0.717) is 0 Å². The molecule has 0 saturated carbocycles. The first-order valence-electron chi connectivity index (χ1n) is 4.01. The Morgan fingerprint density at radius 3 is 1.17 bits per heavy atom. The van der Waals surface area contributed by atoms with Gasteiger partial charge in [-0.25, -0.2) is 0 Å². The van der Waals surface area contributed by atoms with Crippen LogP contribution < -0.4 is 0 Å². The van der Waals surface area contributed by atoms with E-state index < -0.39 is 8.07 Å². The largest absolute Gasteiger partial charge is 0.157 e. The van der Waals surface area contributed by atoms with Crippen LogP contribution >= 0.6 is 0 Å². The third kappa shape index (κ3) is 1.51. The van der Waals surface area contributed by atoms with Gasteiger partial charge in [-0.15, -0.1) is 26.3 Å². The molecule has 0 fully saturated rings. The van der Waals surface area contributed by atoms with Crippen LogP contribution in [0.15, 0.2) is 47.6 Å². The fourth-order valence-electron chi connectivity index (χ4n) is 1.62. The lowest BCUT2D eigenvalue weighted by Crippen LogP contribution is -2.37. The van der Waals surface area contributed by atoms with Crippen LogP contribution in [0.5, 0.6) is 0 Å². The molecule has 0 bridgehead atoms. The molecule has 1 heteroatoms. The van der Waals surface area contributed by atoms with Crippen molar-refractivity contribution in [3.8, 4) is 0 Å². The Hall–Kier alpha value is -0.823. The van der Waals surface area contributed by atoms with Gasteiger partial charge < -0.3 is 0 Å². The molecule has 0 N–H and O–H groups in total. The minimum absolute atomic E-state index is 1.16. The molecule has 0 heterocycles. The highest BCUT2D eigenvalue weighted by molar-refractivity contribution is 7.01. The monoisotopic (exact) mass is 178 g/mol. The lowest BCUT2D eigenvalue weighted by molar-refractivity contribution is 1.48. The summed E-state index contributed by atoms with van der Waals surface area (Å²) in [6.07, 6.45) is 0. The molecule has 0 amide bonds. The maximum absolute atomic E-state index is 4.01. The Morgan fingerprint density at radius 2 is 1.17 bits per heavy atom. The maximum Gasteiger partial charge on any atom is 0.157 e. The molecule has 0 atom stereocenters. The Labute approximate surface area is 77.0 Å². The van der Waals surface area contributed by atoms with Crippen LogP contribution in [0, 0.1) is 0 Å². The van der Waals surface area contributed by atoms with E-state index in [1.165, 1.54) is 0 Å². The quantitative estimate of drug-likeness (QED) is 0.578. The molecule has 12 heavy (non-hydrogen) atoms. The molecular weight excluding hydrogens is 160 g/mol. The standard InChI is InChI=1S/C11H18Si/c1-8-12(9(2)3,10(4)5)11(6)7/h8H,1-2,4,6H2,3,5,7H3. The molecule has 0 aromatic rings. The van der Waals surface area contributed by atoms with Crippen molar-refractivity contribution < 1.29 is 0 Å². The number of hydrogen-bond donors (Lipinski definition) is 0. The fourth-order valence-corrected chi connectivity index (χ4v) is 4.85. The minimum Gasteiger partial charge on any atom is -0.106 e. The molecule has 0 saturated heterocycles. The van der Waals surface area contributed by atoms with Crippen molar-refractivity contribution in [1.29, 1.82) is 0 Å². The summed E-state index contributed by atoms with van der Waals surface area (Å²) in [7, 11) is -1.82. The number of rotatable bonds is 4. The summed E-state index contributed by atoms with van der Waals surface area (Å²) in [6, 6.07) is 0. The van der Waals surface area contributed by atoms with Crippen molar-refractivity contribution in [3.63, 3.8) is 0 Å². The van der Waals surface area contributed by atoms with Crippen LogP contribution in [-0.2, 0) is 0 Å². The van der Waals surface area contributed by atoms with Crippen LogP contribution in [0.2, 0.25) is 0 Å². The second-order valence-electron chi connectivity index (χ2n) is 3.35. The lowest BCUT2D eigenvalue weighted by Gasteiger charge is -2.29. The van der Waals surface area contributed by atoms with Crippen LogP contribution in [0.1, 0.15) is 20.8 Å². The van der Waals surface area contributed by atoms with Gasteiger partial charge in [-0.3, -0.25) is 0 Å². The van der Waals surface area contributed by atoms with Gasteiger partial charge >= 0.3 is 0 Å². The first-order valence-corrected chi connectivity index (χ1v) is 6.08. The van der Waals surface area contributed by atoms with E-state index in [9.17, 15) is 0 Å². The van der Waals surface area contributed by atoms with E-state index in [1.54, 1.807) is 0 Å². The van der Waals surface area contributed by atoms with E-state index >= 15 is 0 Å². The predicted octanol–water partition coefficient (Wildman–Crippen LogP) is 3.51. The summed E-state index contributed by atoms with van der Waals surface area (Å²) in [5.74, 6) is 0. The summed E-state index contributed by atoms with van der Waals surface area (Å²) in [4.78, 5) is 0.